The van der Waals surface area contributed by atoms with Crippen molar-refractivity contribution in [2.24, 2.45) is 7.05 Å². The van der Waals surface area contributed by atoms with Crippen LogP contribution in [0.4, 0.5) is 0 Å². The van der Waals surface area contributed by atoms with Crippen LogP contribution < -0.4 is 4.72 Å². The second-order valence-electron chi connectivity index (χ2n) is 4.16. The first-order valence-electron chi connectivity index (χ1n) is 5.63. The zero-order valence-electron chi connectivity index (χ0n) is 10.6. The summed E-state index contributed by atoms with van der Waals surface area (Å²) in [6.07, 6.45) is 1.67. The lowest BCUT2D eigenvalue weighted by atomic mass is 10.3. The second-order valence-corrected chi connectivity index (χ2v) is 6.84. The minimum absolute atomic E-state index is 0.234. The maximum Gasteiger partial charge on any atom is 0.240 e. The van der Waals surface area contributed by atoms with Crippen molar-refractivity contribution in [3.63, 3.8) is 0 Å². The van der Waals surface area contributed by atoms with Crippen LogP contribution in [0, 0.1) is 6.92 Å². The van der Waals surface area contributed by atoms with Gasteiger partial charge in [0.1, 0.15) is 0 Å². The summed E-state index contributed by atoms with van der Waals surface area (Å²) in [6, 6.07) is 6.51. The molecule has 0 radical (unpaired) electrons. The van der Waals surface area contributed by atoms with E-state index in [1.807, 2.05) is 14.0 Å². The topological polar surface area (TPSA) is 64.0 Å². The van der Waals surface area contributed by atoms with Crippen molar-refractivity contribution in [2.75, 3.05) is 0 Å². The Kier molecular flexibility index (Phi) is 4.07. The summed E-state index contributed by atoms with van der Waals surface area (Å²) < 4.78 is 29.3. The molecular weight excluding hydrogens is 330 g/mol. The van der Waals surface area contributed by atoms with Crippen molar-refractivity contribution < 1.29 is 8.42 Å². The summed E-state index contributed by atoms with van der Waals surface area (Å²) >= 11 is 3.27. The molecule has 2 rings (SSSR count). The number of aryl methyl sites for hydroxylation is 1. The van der Waals surface area contributed by atoms with E-state index < -0.39 is 10.0 Å². The smallest absolute Gasteiger partial charge is 0.240 e. The zero-order chi connectivity index (χ0) is 14.0. The fourth-order valence-electron chi connectivity index (χ4n) is 1.59. The fourth-order valence-corrected chi connectivity index (χ4v) is 2.86. The van der Waals surface area contributed by atoms with Crippen LogP contribution in [0.5, 0.6) is 0 Å². The summed E-state index contributed by atoms with van der Waals surface area (Å²) in [4.78, 5) is 0.247. The first-order chi connectivity index (χ1) is 8.90. The van der Waals surface area contributed by atoms with Gasteiger partial charge in [-0.3, -0.25) is 4.68 Å². The number of hydrogen-bond acceptors (Lipinski definition) is 3. The van der Waals surface area contributed by atoms with Gasteiger partial charge in [0, 0.05) is 29.3 Å². The predicted molar refractivity (Wildman–Crippen MR) is 76.1 cm³/mol. The van der Waals surface area contributed by atoms with Gasteiger partial charge < -0.3 is 0 Å². The van der Waals surface area contributed by atoms with Crippen molar-refractivity contribution >= 4 is 26.0 Å². The van der Waals surface area contributed by atoms with E-state index >= 15 is 0 Å². The molecule has 1 aromatic heterocycles. The van der Waals surface area contributed by atoms with Crippen LogP contribution in [0.25, 0.3) is 0 Å². The molecule has 2 aromatic rings. The molecule has 102 valence electrons. The Bertz CT molecular complexity index is 678. The predicted octanol–water partition coefficient (Wildman–Crippen LogP) is 1.97. The third-order valence-electron chi connectivity index (χ3n) is 2.91. The Morgan fingerprint density at radius 2 is 1.95 bits per heavy atom. The van der Waals surface area contributed by atoms with Crippen LogP contribution in [-0.4, -0.2) is 18.2 Å². The number of benzene rings is 1. The SMILES string of the molecule is Cc1c(CNS(=O)(=O)c2ccc(Br)cc2)cnn1C. The summed E-state index contributed by atoms with van der Waals surface area (Å²) in [5, 5.41) is 4.08. The van der Waals surface area contributed by atoms with E-state index in [0.29, 0.717) is 0 Å². The molecule has 0 fully saturated rings. The average molecular weight is 344 g/mol. The second kappa shape index (κ2) is 5.44. The number of aromatic nitrogens is 2. The van der Waals surface area contributed by atoms with Gasteiger partial charge in [-0.05, 0) is 31.2 Å². The van der Waals surface area contributed by atoms with Gasteiger partial charge in [-0.2, -0.15) is 5.10 Å². The average Bonchev–Trinajstić information content (AvgIpc) is 2.68. The van der Waals surface area contributed by atoms with Gasteiger partial charge >= 0.3 is 0 Å². The van der Waals surface area contributed by atoms with Gasteiger partial charge in [-0.15, -0.1) is 0 Å². The Labute approximate surface area is 120 Å². The van der Waals surface area contributed by atoms with E-state index in [0.717, 1.165) is 15.7 Å². The molecular formula is C12H14BrN3O2S. The maximum atomic E-state index is 12.1. The lowest BCUT2D eigenvalue weighted by Gasteiger charge is -2.06. The Morgan fingerprint density at radius 3 is 2.47 bits per heavy atom. The van der Waals surface area contributed by atoms with Crippen molar-refractivity contribution in [3.05, 3.63) is 46.2 Å². The summed E-state index contributed by atoms with van der Waals surface area (Å²) in [7, 11) is -1.67. The number of nitrogens with one attached hydrogen (secondary N) is 1. The molecule has 0 unspecified atom stereocenters. The van der Waals surface area contributed by atoms with Crippen LogP contribution in [0.1, 0.15) is 11.3 Å². The first-order valence-corrected chi connectivity index (χ1v) is 7.90. The van der Waals surface area contributed by atoms with E-state index in [2.05, 4.69) is 25.8 Å². The third-order valence-corrected chi connectivity index (χ3v) is 4.86. The largest absolute Gasteiger partial charge is 0.273 e. The highest BCUT2D eigenvalue weighted by molar-refractivity contribution is 9.10. The van der Waals surface area contributed by atoms with Crippen LogP contribution in [-0.2, 0) is 23.6 Å². The van der Waals surface area contributed by atoms with Crippen molar-refractivity contribution in [3.8, 4) is 0 Å². The molecule has 19 heavy (non-hydrogen) atoms. The van der Waals surface area contributed by atoms with E-state index in [1.165, 1.54) is 0 Å². The van der Waals surface area contributed by atoms with Gasteiger partial charge in [0.2, 0.25) is 10.0 Å². The number of hydrogen-bond donors (Lipinski definition) is 1. The highest BCUT2D eigenvalue weighted by atomic mass is 79.9. The molecule has 1 N–H and O–H groups in total. The molecule has 7 heteroatoms. The molecule has 5 nitrogen and oxygen atoms in total. The molecule has 0 aliphatic rings. The van der Waals surface area contributed by atoms with Gasteiger partial charge in [-0.1, -0.05) is 15.9 Å². The summed E-state index contributed by atoms with van der Waals surface area (Å²) in [6.45, 7) is 2.13. The summed E-state index contributed by atoms with van der Waals surface area (Å²) in [5.41, 5.74) is 1.81. The van der Waals surface area contributed by atoms with E-state index in [-0.39, 0.29) is 11.4 Å². The van der Waals surface area contributed by atoms with E-state index in [9.17, 15) is 8.42 Å². The number of halogens is 1. The van der Waals surface area contributed by atoms with Crippen LogP contribution in [0.15, 0.2) is 39.8 Å². The summed E-state index contributed by atoms with van der Waals surface area (Å²) in [5.74, 6) is 0. The molecule has 1 heterocycles. The van der Waals surface area contributed by atoms with E-state index in [1.54, 1.807) is 35.1 Å². The maximum absolute atomic E-state index is 12.1. The standard InChI is InChI=1S/C12H14BrN3O2S/c1-9-10(7-14-16(9)2)8-15-19(17,18)12-5-3-11(13)4-6-12/h3-7,15H,8H2,1-2H3. The fraction of sp³-hybridized carbons (Fsp3) is 0.250. The molecule has 0 spiro atoms. The van der Waals surface area contributed by atoms with Crippen molar-refractivity contribution in [1.82, 2.24) is 14.5 Å². The Morgan fingerprint density at radius 1 is 1.32 bits per heavy atom. The minimum Gasteiger partial charge on any atom is -0.273 e. The van der Waals surface area contributed by atoms with Crippen molar-refractivity contribution in [2.45, 2.75) is 18.4 Å². The molecule has 0 bridgehead atoms. The normalized spacial score (nSPS) is 11.7. The van der Waals surface area contributed by atoms with Crippen LogP contribution in [0.3, 0.4) is 0 Å². The van der Waals surface area contributed by atoms with Gasteiger partial charge in [0.05, 0.1) is 11.1 Å². The molecule has 0 aliphatic heterocycles. The van der Waals surface area contributed by atoms with Crippen LogP contribution in [0.2, 0.25) is 0 Å². The Hall–Kier alpha value is -1.18. The van der Waals surface area contributed by atoms with E-state index in [4.69, 9.17) is 0 Å². The molecule has 0 aliphatic carbocycles. The van der Waals surface area contributed by atoms with Crippen LogP contribution >= 0.6 is 15.9 Å². The lowest BCUT2D eigenvalue weighted by molar-refractivity contribution is 0.581. The first kappa shape index (κ1) is 14.2. The van der Waals surface area contributed by atoms with Gasteiger partial charge in [0.15, 0.2) is 0 Å². The minimum atomic E-state index is -3.49. The number of sulfonamides is 1. The third kappa shape index (κ3) is 3.23. The van der Waals surface area contributed by atoms with Gasteiger partial charge in [-0.25, -0.2) is 13.1 Å². The van der Waals surface area contributed by atoms with Gasteiger partial charge in [0.25, 0.3) is 0 Å². The molecule has 0 saturated carbocycles. The highest BCUT2D eigenvalue weighted by Gasteiger charge is 2.14. The zero-order valence-corrected chi connectivity index (χ0v) is 13.0. The lowest BCUT2D eigenvalue weighted by Crippen LogP contribution is -2.23. The monoisotopic (exact) mass is 343 g/mol. The molecule has 1 aromatic carbocycles. The number of rotatable bonds is 4. The molecule has 0 saturated heterocycles. The molecule has 0 atom stereocenters. The highest BCUT2D eigenvalue weighted by Crippen LogP contribution is 2.15. The number of nitrogens with zero attached hydrogens (tertiary/aromatic N) is 2. The van der Waals surface area contributed by atoms with Crippen molar-refractivity contribution in [1.29, 1.82) is 0 Å². The quantitative estimate of drug-likeness (QED) is 0.922. The molecule has 0 amide bonds. The Balaban J connectivity index is 2.14.